The summed E-state index contributed by atoms with van der Waals surface area (Å²) < 4.78 is 21.0. The van der Waals surface area contributed by atoms with Gasteiger partial charge in [0.1, 0.15) is 11.9 Å². The number of benzene rings is 1. The summed E-state index contributed by atoms with van der Waals surface area (Å²) in [5.74, 6) is -0.482. The van der Waals surface area contributed by atoms with Crippen LogP contribution < -0.4 is 21.7 Å². The third-order valence-electron chi connectivity index (χ3n) is 9.29. The number of imide groups is 2. The summed E-state index contributed by atoms with van der Waals surface area (Å²) in [6, 6.07) is 10.1. The van der Waals surface area contributed by atoms with Crippen LogP contribution in [0.25, 0.3) is 0 Å². The molecule has 16 heteroatoms. The van der Waals surface area contributed by atoms with E-state index in [1.54, 1.807) is 30.5 Å². The van der Waals surface area contributed by atoms with Crippen molar-refractivity contribution in [1.82, 2.24) is 30.7 Å². The average Bonchev–Trinajstić information content (AvgIpc) is 3.83. The van der Waals surface area contributed by atoms with Crippen molar-refractivity contribution in [2.24, 2.45) is 5.73 Å². The summed E-state index contributed by atoms with van der Waals surface area (Å²) in [6.07, 6.45) is 11.3. The van der Waals surface area contributed by atoms with E-state index in [0.717, 1.165) is 42.4 Å². The molecule has 1 saturated heterocycles. The van der Waals surface area contributed by atoms with Gasteiger partial charge in [0.2, 0.25) is 11.8 Å². The molecule has 1 aromatic carbocycles. The van der Waals surface area contributed by atoms with Crippen molar-refractivity contribution in [1.29, 1.82) is 0 Å². The smallest absolute Gasteiger partial charge is 0.262 e. The summed E-state index contributed by atoms with van der Waals surface area (Å²) >= 11 is 0. The van der Waals surface area contributed by atoms with Crippen molar-refractivity contribution in [2.75, 3.05) is 78.3 Å². The Morgan fingerprint density at radius 3 is 1.96 bits per heavy atom. The molecule has 1 aromatic heterocycles. The van der Waals surface area contributed by atoms with Crippen LogP contribution in [0.2, 0.25) is 0 Å². The van der Waals surface area contributed by atoms with Gasteiger partial charge < -0.3 is 35.3 Å². The number of likely N-dealkylation sites (N-methyl/N-ethyl adjacent to an activating group) is 1. The van der Waals surface area contributed by atoms with Crippen LogP contribution in [-0.2, 0) is 28.5 Å². The number of ether oxygens (including phenoxy) is 4. The van der Waals surface area contributed by atoms with Gasteiger partial charge in [0.05, 0.1) is 70.2 Å². The first-order valence-electron chi connectivity index (χ1n) is 19.8. The van der Waals surface area contributed by atoms with E-state index >= 15 is 0 Å². The Balaban J connectivity index is 0.000000226. The van der Waals surface area contributed by atoms with Gasteiger partial charge in [-0.15, -0.1) is 0 Å². The molecule has 0 bridgehead atoms. The number of anilines is 1. The normalized spacial score (nSPS) is 16.4. The molecule has 6 N–H and O–H groups in total. The predicted molar refractivity (Wildman–Crippen MR) is 213 cm³/mol. The van der Waals surface area contributed by atoms with E-state index < -0.39 is 23.8 Å². The van der Waals surface area contributed by atoms with Crippen LogP contribution in [-0.4, -0.2) is 129 Å². The minimum absolute atomic E-state index is 0.129. The van der Waals surface area contributed by atoms with Crippen LogP contribution in [0.3, 0.4) is 0 Å². The number of piperidine rings is 1. The summed E-state index contributed by atoms with van der Waals surface area (Å²) in [6.45, 7) is 10.7. The van der Waals surface area contributed by atoms with Gasteiger partial charge in [0.25, 0.3) is 11.8 Å². The number of rotatable bonds is 20. The molecule has 310 valence electrons. The number of amides is 4. The monoisotopic (exact) mass is 782 g/mol. The Morgan fingerprint density at radius 2 is 1.41 bits per heavy atom. The number of hydrogen-bond acceptors (Lipinski definition) is 13. The van der Waals surface area contributed by atoms with Gasteiger partial charge in [-0.25, -0.2) is 4.98 Å². The fourth-order valence-corrected chi connectivity index (χ4v) is 6.26. The van der Waals surface area contributed by atoms with Crippen molar-refractivity contribution in [3.05, 3.63) is 65.6 Å². The zero-order valence-electron chi connectivity index (χ0n) is 33.3. The number of aromatic nitrogens is 3. The van der Waals surface area contributed by atoms with Crippen LogP contribution in [0.4, 0.5) is 5.82 Å². The molecule has 1 unspecified atom stereocenters. The molecule has 1 atom stereocenters. The molecule has 2 fully saturated rings. The van der Waals surface area contributed by atoms with Gasteiger partial charge in [-0.2, -0.15) is 5.10 Å². The van der Waals surface area contributed by atoms with Crippen LogP contribution in [0.15, 0.2) is 48.8 Å². The van der Waals surface area contributed by atoms with Gasteiger partial charge >= 0.3 is 0 Å². The molecule has 0 spiro atoms. The Bertz CT molecular complexity index is 1480. The third kappa shape index (κ3) is 16.0. The third-order valence-corrected chi connectivity index (χ3v) is 9.29. The van der Waals surface area contributed by atoms with Gasteiger partial charge in [0.15, 0.2) is 0 Å². The lowest BCUT2D eigenvalue weighted by Gasteiger charge is -2.27. The summed E-state index contributed by atoms with van der Waals surface area (Å²) in [5, 5.41) is 15.7. The Morgan fingerprint density at radius 1 is 0.821 bits per heavy atom. The average molecular weight is 783 g/mol. The molecule has 5 rings (SSSR count). The highest BCUT2D eigenvalue weighted by molar-refractivity contribution is 6.23. The lowest BCUT2D eigenvalue weighted by Crippen LogP contribution is -2.54. The highest BCUT2D eigenvalue weighted by Gasteiger charge is 2.44. The molecule has 3 heterocycles. The van der Waals surface area contributed by atoms with Gasteiger partial charge in [-0.3, -0.25) is 34.5 Å². The first-order chi connectivity index (χ1) is 27.3. The molecule has 4 amide bonds. The molecule has 16 nitrogen and oxygen atoms in total. The quantitative estimate of drug-likeness (QED) is 0.0963. The summed E-state index contributed by atoms with van der Waals surface area (Å²) in [7, 11) is 1.90. The Labute approximate surface area is 330 Å². The second-order valence-corrected chi connectivity index (χ2v) is 13.3. The highest BCUT2D eigenvalue weighted by Crippen LogP contribution is 2.27. The van der Waals surface area contributed by atoms with Gasteiger partial charge in [-0.05, 0) is 57.4 Å². The number of nitrogens with zero attached hydrogens (tertiary/aromatic N) is 3. The highest BCUT2D eigenvalue weighted by atomic mass is 16.6. The molecular formula is C40H62N8O8. The second-order valence-electron chi connectivity index (χ2n) is 13.3. The molecule has 0 radical (unpaired) electrons. The largest absolute Gasteiger partial charge is 0.378 e. The van der Waals surface area contributed by atoms with E-state index in [1.807, 2.05) is 25.4 Å². The number of nitrogens with two attached hydrogens (primary N) is 1. The van der Waals surface area contributed by atoms with Crippen LogP contribution in [0, 0.1) is 0 Å². The van der Waals surface area contributed by atoms with Crippen LogP contribution in [0.5, 0.6) is 0 Å². The lowest BCUT2D eigenvalue weighted by atomic mass is 9.99. The zero-order chi connectivity index (χ0) is 40.4. The number of fused-ring (bicyclic) bond motifs is 1. The van der Waals surface area contributed by atoms with Crippen molar-refractivity contribution in [2.45, 2.75) is 83.2 Å². The maximum Gasteiger partial charge on any atom is 0.262 e. The molecule has 56 heavy (non-hydrogen) atoms. The zero-order valence-corrected chi connectivity index (χ0v) is 33.3. The van der Waals surface area contributed by atoms with Crippen molar-refractivity contribution < 1.29 is 38.1 Å². The van der Waals surface area contributed by atoms with Gasteiger partial charge in [0, 0.05) is 49.4 Å². The second kappa shape index (κ2) is 27.3. The number of carbonyl (C=O) groups is 4. The maximum atomic E-state index is 12.2. The SMILES string of the molecule is CCC(CC)c1cc[nH]nccc(NC2CCCC2)n1.CNCCOCCOCCOCCOCCN.O=C1CCC(N2C(=O)c3ccccc3C2=O)C(=O)N1. The molecule has 2 aliphatic heterocycles. The van der Waals surface area contributed by atoms with Crippen LogP contribution in [0.1, 0.15) is 97.5 Å². The van der Waals surface area contributed by atoms with E-state index in [-0.39, 0.29) is 18.7 Å². The predicted octanol–water partition coefficient (Wildman–Crippen LogP) is 3.51. The number of hydrogen-bond donors (Lipinski definition) is 5. The summed E-state index contributed by atoms with van der Waals surface area (Å²) in [5.41, 5.74) is 7.00. The molecule has 1 aliphatic carbocycles. The van der Waals surface area contributed by atoms with E-state index in [2.05, 4.69) is 40.0 Å². The van der Waals surface area contributed by atoms with Crippen LogP contribution >= 0.6 is 0 Å². The molecule has 2 aromatic rings. The topological polar surface area (TPSA) is 212 Å². The molecule has 3 aliphatic rings. The Kier molecular flexibility index (Phi) is 22.5. The number of nitrogens with one attached hydrogen (secondary N) is 4. The fourth-order valence-electron chi connectivity index (χ4n) is 6.26. The molecule has 1 saturated carbocycles. The van der Waals surface area contributed by atoms with Gasteiger partial charge in [-0.1, -0.05) is 38.8 Å². The molecular weight excluding hydrogens is 720 g/mol. The van der Waals surface area contributed by atoms with E-state index in [4.69, 9.17) is 29.7 Å². The fraction of sp³-hybridized carbons (Fsp3) is 0.600. The minimum Gasteiger partial charge on any atom is -0.378 e. The lowest BCUT2D eigenvalue weighted by molar-refractivity contribution is -0.136. The van der Waals surface area contributed by atoms with Crippen molar-refractivity contribution in [3.8, 4) is 0 Å². The van der Waals surface area contributed by atoms with E-state index in [9.17, 15) is 19.2 Å². The number of aromatic amines is 1. The number of H-pyrrole nitrogens is 1. The first kappa shape index (κ1) is 46.1. The van der Waals surface area contributed by atoms with E-state index in [1.165, 1.54) is 25.7 Å². The Hall–Kier alpha value is -4.32. The van der Waals surface area contributed by atoms with Crippen molar-refractivity contribution >= 4 is 29.4 Å². The first-order valence-corrected chi connectivity index (χ1v) is 19.8. The minimum atomic E-state index is -0.898. The number of carbonyl (C=O) groups excluding carboxylic acids is 4. The maximum absolute atomic E-state index is 12.2. The van der Waals surface area contributed by atoms with E-state index in [0.29, 0.717) is 75.9 Å². The standard InChI is InChI=1S/C16H26N4.C13H10N2O4.C11H26N2O4/c1-3-13(4-2)15-9-11-17-18-12-10-16(20-15)19-14-7-5-6-8-14;16-10-6-5-9(11(17)14-10)15-12(18)7-3-1-2-4-8(7)13(15)19;1-13-3-5-15-7-9-17-11-10-16-8-6-14-4-2-12/h9-14,17,19H,3-8H2,1-2H3;1-4,9H,5-6H2,(H,14,16,17);13H,2-12H2,1H3. The van der Waals surface area contributed by atoms with Crippen molar-refractivity contribution in [3.63, 3.8) is 0 Å². The summed E-state index contributed by atoms with van der Waals surface area (Å²) in [4.78, 5) is 53.0.